The van der Waals surface area contributed by atoms with Crippen molar-refractivity contribution in [2.45, 2.75) is 31.1 Å². The Balaban J connectivity index is 1.61. The van der Waals surface area contributed by atoms with Gasteiger partial charge in [0.05, 0.1) is 16.6 Å². The van der Waals surface area contributed by atoms with Crippen LogP contribution in [0.15, 0.2) is 42.6 Å². The Bertz CT molecular complexity index is 999. The predicted molar refractivity (Wildman–Crippen MR) is 106 cm³/mol. The summed E-state index contributed by atoms with van der Waals surface area (Å²) in [6.45, 7) is 0.549. The zero-order chi connectivity index (χ0) is 20.0. The molecule has 0 saturated carbocycles. The quantitative estimate of drug-likeness (QED) is 0.772. The molecule has 1 amide bonds. The van der Waals surface area contributed by atoms with Gasteiger partial charge in [-0.15, -0.1) is 0 Å². The van der Waals surface area contributed by atoms with E-state index >= 15 is 0 Å². The van der Waals surface area contributed by atoms with Crippen molar-refractivity contribution in [3.8, 4) is 6.07 Å². The summed E-state index contributed by atoms with van der Waals surface area (Å²) in [5.74, 6) is 0.396. The monoisotopic (exact) mass is 398 g/mol. The summed E-state index contributed by atoms with van der Waals surface area (Å²) in [5.41, 5.74) is 1.77. The molecular weight excluding hydrogens is 376 g/mol. The SMILES string of the molecule is N#Cc1cccnc1NCc1cccc(C(=O)NCC2CCCCS2(=O)=O)c1. The first-order valence-electron chi connectivity index (χ1n) is 9.17. The second kappa shape index (κ2) is 8.85. The van der Waals surface area contributed by atoms with Crippen LogP contribution >= 0.6 is 0 Å². The molecule has 0 radical (unpaired) electrons. The van der Waals surface area contributed by atoms with E-state index in [1.165, 1.54) is 0 Å². The number of anilines is 1. The molecule has 2 aromatic rings. The van der Waals surface area contributed by atoms with Crippen molar-refractivity contribution >= 4 is 21.6 Å². The standard InChI is InChI=1S/C20H22N4O3S/c21-12-17-7-4-9-22-19(17)23-13-15-5-3-6-16(11-15)20(25)24-14-18-8-1-2-10-28(18,26)27/h3-7,9,11,18H,1-2,8,10,13-14H2,(H,22,23)(H,24,25). The zero-order valence-electron chi connectivity index (χ0n) is 15.4. The normalized spacial score (nSPS) is 18.0. The van der Waals surface area contributed by atoms with E-state index in [1.807, 2.05) is 6.07 Å². The van der Waals surface area contributed by atoms with Crippen molar-refractivity contribution in [3.63, 3.8) is 0 Å². The van der Waals surface area contributed by atoms with Crippen LogP contribution < -0.4 is 10.6 Å². The lowest BCUT2D eigenvalue weighted by molar-refractivity contribution is 0.0953. The molecule has 1 fully saturated rings. The number of hydrogen-bond donors (Lipinski definition) is 2. The molecule has 2 N–H and O–H groups in total. The van der Waals surface area contributed by atoms with Gasteiger partial charge in [-0.05, 0) is 42.7 Å². The number of rotatable bonds is 6. The molecule has 8 heteroatoms. The Morgan fingerprint density at radius 3 is 2.89 bits per heavy atom. The maximum atomic E-state index is 12.4. The van der Waals surface area contributed by atoms with Gasteiger partial charge in [0.25, 0.3) is 5.91 Å². The summed E-state index contributed by atoms with van der Waals surface area (Å²) < 4.78 is 24.1. The number of carbonyl (C=O) groups is 1. The molecule has 7 nitrogen and oxygen atoms in total. The second-order valence-corrected chi connectivity index (χ2v) is 9.16. The minimum atomic E-state index is -3.11. The fourth-order valence-corrected chi connectivity index (χ4v) is 5.01. The number of amides is 1. The average molecular weight is 398 g/mol. The molecule has 1 atom stereocenters. The van der Waals surface area contributed by atoms with Crippen LogP contribution in [0.2, 0.25) is 0 Å². The van der Waals surface area contributed by atoms with Crippen molar-refractivity contribution < 1.29 is 13.2 Å². The van der Waals surface area contributed by atoms with Crippen LogP contribution in [0.3, 0.4) is 0 Å². The van der Waals surface area contributed by atoms with Crippen LogP contribution in [0.4, 0.5) is 5.82 Å². The fraction of sp³-hybridized carbons (Fsp3) is 0.350. The first-order valence-corrected chi connectivity index (χ1v) is 10.9. The molecule has 1 unspecified atom stereocenters. The average Bonchev–Trinajstić information content (AvgIpc) is 2.71. The van der Waals surface area contributed by atoms with Gasteiger partial charge in [-0.1, -0.05) is 18.6 Å². The molecule has 2 heterocycles. The van der Waals surface area contributed by atoms with Crippen molar-refractivity contribution in [1.29, 1.82) is 5.26 Å². The van der Waals surface area contributed by atoms with Gasteiger partial charge in [0.1, 0.15) is 11.9 Å². The highest BCUT2D eigenvalue weighted by Crippen LogP contribution is 2.19. The summed E-state index contributed by atoms with van der Waals surface area (Å²) in [7, 11) is -3.11. The second-order valence-electron chi connectivity index (χ2n) is 6.76. The van der Waals surface area contributed by atoms with E-state index in [0.717, 1.165) is 12.0 Å². The Hall–Kier alpha value is -2.92. The molecule has 28 heavy (non-hydrogen) atoms. The topological polar surface area (TPSA) is 112 Å². The number of nitriles is 1. The molecule has 1 saturated heterocycles. The van der Waals surface area contributed by atoms with Crippen molar-refractivity contribution in [2.24, 2.45) is 0 Å². The van der Waals surface area contributed by atoms with E-state index < -0.39 is 15.1 Å². The summed E-state index contributed by atoms with van der Waals surface area (Å²) in [5, 5.41) is 14.5. The van der Waals surface area contributed by atoms with E-state index in [0.29, 0.717) is 36.3 Å². The van der Waals surface area contributed by atoms with E-state index in [1.54, 1.807) is 36.5 Å². The summed E-state index contributed by atoms with van der Waals surface area (Å²) in [6, 6.07) is 12.5. The van der Waals surface area contributed by atoms with Gasteiger partial charge in [-0.3, -0.25) is 4.79 Å². The summed E-state index contributed by atoms with van der Waals surface area (Å²) in [6.07, 6.45) is 3.77. The molecule has 0 bridgehead atoms. The first-order chi connectivity index (χ1) is 13.5. The van der Waals surface area contributed by atoms with Crippen LogP contribution in [0.5, 0.6) is 0 Å². The van der Waals surface area contributed by atoms with Gasteiger partial charge in [0.15, 0.2) is 9.84 Å². The number of benzene rings is 1. The van der Waals surface area contributed by atoms with Crippen LogP contribution in [-0.2, 0) is 16.4 Å². The fourth-order valence-electron chi connectivity index (χ4n) is 3.20. The van der Waals surface area contributed by atoms with E-state index in [2.05, 4.69) is 21.7 Å². The maximum absolute atomic E-state index is 12.4. The van der Waals surface area contributed by atoms with Crippen LogP contribution in [0.25, 0.3) is 0 Å². The number of pyridine rings is 1. The summed E-state index contributed by atoms with van der Waals surface area (Å²) >= 11 is 0. The number of carbonyl (C=O) groups excluding carboxylic acids is 1. The predicted octanol–water partition coefficient (Wildman–Crippen LogP) is 2.26. The maximum Gasteiger partial charge on any atom is 0.251 e. The first kappa shape index (κ1) is 19.8. The number of hydrogen-bond acceptors (Lipinski definition) is 6. The van der Waals surface area contributed by atoms with Crippen LogP contribution in [-0.4, -0.2) is 36.9 Å². The highest BCUT2D eigenvalue weighted by molar-refractivity contribution is 7.92. The smallest absolute Gasteiger partial charge is 0.251 e. The number of sulfone groups is 1. The third-order valence-corrected chi connectivity index (χ3v) is 7.06. The Labute approximate surface area is 164 Å². The molecule has 1 aromatic carbocycles. The lowest BCUT2D eigenvalue weighted by atomic mass is 10.1. The van der Waals surface area contributed by atoms with Crippen molar-refractivity contribution in [2.75, 3.05) is 17.6 Å². The molecule has 0 aliphatic carbocycles. The molecule has 146 valence electrons. The molecule has 1 aliphatic rings. The minimum Gasteiger partial charge on any atom is -0.365 e. The van der Waals surface area contributed by atoms with Crippen molar-refractivity contribution in [1.82, 2.24) is 10.3 Å². The Morgan fingerprint density at radius 1 is 1.25 bits per heavy atom. The lowest BCUT2D eigenvalue weighted by Crippen LogP contribution is -2.39. The van der Waals surface area contributed by atoms with Gasteiger partial charge in [-0.2, -0.15) is 5.26 Å². The van der Waals surface area contributed by atoms with E-state index in [9.17, 15) is 13.2 Å². The van der Waals surface area contributed by atoms with Gasteiger partial charge < -0.3 is 10.6 Å². The number of nitrogens with one attached hydrogen (secondary N) is 2. The largest absolute Gasteiger partial charge is 0.365 e. The molecule has 3 rings (SSSR count). The Kier molecular flexibility index (Phi) is 6.26. The van der Waals surface area contributed by atoms with Gasteiger partial charge in [0.2, 0.25) is 0 Å². The minimum absolute atomic E-state index is 0.142. The third-order valence-electron chi connectivity index (χ3n) is 4.78. The van der Waals surface area contributed by atoms with Gasteiger partial charge in [-0.25, -0.2) is 13.4 Å². The zero-order valence-corrected chi connectivity index (χ0v) is 16.2. The van der Waals surface area contributed by atoms with Crippen LogP contribution in [0.1, 0.15) is 40.7 Å². The Morgan fingerprint density at radius 2 is 2.11 bits per heavy atom. The highest BCUT2D eigenvalue weighted by Gasteiger charge is 2.29. The van der Waals surface area contributed by atoms with Crippen molar-refractivity contribution in [3.05, 3.63) is 59.3 Å². The highest BCUT2D eigenvalue weighted by atomic mass is 32.2. The molecular formula is C20H22N4O3S. The number of nitrogens with zero attached hydrogens (tertiary/aromatic N) is 2. The summed E-state index contributed by atoms with van der Waals surface area (Å²) in [4.78, 5) is 16.6. The van der Waals surface area contributed by atoms with Gasteiger partial charge in [0, 0.05) is 24.8 Å². The van der Waals surface area contributed by atoms with Crippen LogP contribution in [0, 0.1) is 11.3 Å². The molecule has 1 aromatic heterocycles. The van der Waals surface area contributed by atoms with Gasteiger partial charge >= 0.3 is 0 Å². The number of aromatic nitrogens is 1. The lowest BCUT2D eigenvalue weighted by Gasteiger charge is -2.22. The molecule has 0 spiro atoms. The molecule has 1 aliphatic heterocycles. The van der Waals surface area contributed by atoms with E-state index in [4.69, 9.17) is 5.26 Å². The third kappa shape index (κ3) is 4.87. The van der Waals surface area contributed by atoms with E-state index in [-0.39, 0.29) is 18.2 Å².